The maximum atomic E-state index is 11.9. The van der Waals surface area contributed by atoms with Crippen LogP contribution in [0.2, 0.25) is 0 Å². The highest BCUT2D eigenvalue weighted by atomic mass is 32.2. The van der Waals surface area contributed by atoms with Gasteiger partial charge in [0.2, 0.25) is 5.91 Å². The molecule has 2 saturated heterocycles. The highest BCUT2D eigenvalue weighted by molar-refractivity contribution is 7.91. The molecule has 0 aromatic carbocycles. The van der Waals surface area contributed by atoms with Crippen LogP contribution in [0.5, 0.6) is 0 Å². The van der Waals surface area contributed by atoms with E-state index in [2.05, 4.69) is 4.90 Å². The zero-order valence-electron chi connectivity index (χ0n) is 14.0. The van der Waals surface area contributed by atoms with Crippen LogP contribution >= 0.6 is 0 Å². The van der Waals surface area contributed by atoms with Crippen molar-refractivity contribution in [3.63, 3.8) is 0 Å². The summed E-state index contributed by atoms with van der Waals surface area (Å²) in [6, 6.07) is 0.414. The second-order valence-corrected chi connectivity index (χ2v) is 9.57. The molecular formula is C16H30N2O3S. The lowest BCUT2D eigenvalue weighted by Gasteiger charge is -2.37. The number of piperidine rings is 1. The fourth-order valence-corrected chi connectivity index (χ4v) is 4.42. The molecule has 0 N–H and O–H groups in total. The van der Waals surface area contributed by atoms with E-state index in [9.17, 15) is 13.2 Å². The summed E-state index contributed by atoms with van der Waals surface area (Å²) < 4.78 is 23.8. The smallest absolute Gasteiger partial charge is 0.222 e. The molecule has 1 atom stereocenters. The predicted octanol–water partition coefficient (Wildman–Crippen LogP) is 1.68. The van der Waals surface area contributed by atoms with E-state index in [0.29, 0.717) is 18.9 Å². The molecule has 0 aliphatic carbocycles. The molecule has 0 aromatic rings. The average molecular weight is 330 g/mol. The van der Waals surface area contributed by atoms with Crippen molar-refractivity contribution in [2.24, 2.45) is 0 Å². The van der Waals surface area contributed by atoms with Crippen molar-refractivity contribution >= 4 is 15.7 Å². The zero-order chi connectivity index (χ0) is 16.2. The molecule has 2 aliphatic rings. The molecule has 0 bridgehead atoms. The maximum absolute atomic E-state index is 11.9. The molecule has 0 radical (unpaired) electrons. The fraction of sp³-hybridized carbons (Fsp3) is 0.938. The minimum atomic E-state index is -2.94. The van der Waals surface area contributed by atoms with E-state index in [1.165, 1.54) is 12.8 Å². The standard InChI is InChI=1S/C16H30N2O3S/c1-14(2)22(20,21)12-6-11-17-9-4-3-7-15(17)13-18-10-5-8-16(18)19/h14-15H,3-13H2,1-2H3. The van der Waals surface area contributed by atoms with Crippen molar-refractivity contribution < 1.29 is 13.2 Å². The van der Waals surface area contributed by atoms with Gasteiger partial charge >= 0.3 is 0 Å². The van der Waals surface area contributed by atoms with Gasteiger partial charge in [-0.05, 0) is 52.6 Å². The van der Waals surface area contributed by atoms with Crippen molar-refractivity contribution in [1.29, 1.82) is 0 Å². The number of sulfone groups is 1. The van der Waals surface area contributed by atoms with Crippen LogP contribution in [0.4, 0.5) is 0 Å². The second kappa shape index (κ2) is 7.77. The van der Waals surface area contributed by atoms with Crippen molar-refractivity contribution in [1.82, 2.24) is 9.80 Å². The number of amides is 1. The van der Waals surface area contributed by atoms with Crippen molar-refractivity contribution in [2.45, 2.75) is 63.7 Å². The molecule has 1 unspecified atom stereocenters. The van der Waals surface area contributed by atoms with Crippen LogP contribution in [0.1, 0.15) is 52.4 Å². The molecule has 2 aliphatic heterocycles. The lowest BCUT2D eigenvalue weighted by atomic mass is 10.0. The number of carbonyl (C=O) groups excluding carboxylic acids is 1. The predicted molar refractivity (Wildman–Crippen MR) is 88.6 cm³/mol. The Hall–Kier alpha value is -0.620. The number of carbonyl (C=O) groups is 1. The van der Waals surface area contributed by atoms with Crippen LogP contribution in [0.15, 0.2) is 0 Å². The third-order valence-corrected chi connectivity index (χ3v) is 7.24. The summed E-state index contributed by atoms with van der Waals surface area (Å²) in [5, 5.41) is -0.285. The molecule has 2 rings (SSSR count). The minimum Gasteiger partial charge on any atom is -0.341 e. The third-order valence-electron chi connectivity index (χ3n) is 4.94. The number of likely N-dealkylation sites (tertiary alicyclic amines) is 2. The van der Waals surface area contributed by atoms with Crippen LogP contribution in [-0.4, -0.2) is 67.3 Å². The Kier molecular flexibility index (Phi) is 6.26. The van der Waals surface area contributed by atoms with Gasteiger partial charge in [0.1, 0.15) is 0 Å². The van der Waals surface area contributed by atoms with Gasteiger partial charge in [-0.3, -0.25) is 9.69 Å². The van der Waals surface area contributed by atoms with Gasteiger partial charge < -0.3 is 4.90 Å². The molecule has 5 nitrogen and oxygen atoms in total. The van der Waals surface area contributed by atoms with E-state index < -0.39 is 9.84 Å². The Morgan fingerprint density at radius 1 is 1.18 bits per heavy atom. The summed E-state index contributed by atoms with van der Waals surface area (Å²) in [6.45, 7) is 7.09. The first kappa shape index (κ1) is 17.7. The molecule has 1 amide bonds. The summed E-state index contributed by atoms with van der Waals surface area (Å²) in [5.41, 5.74) is 0. The van der Waals surface area contributed by atoms with Gasteiger partial charge in [0, 0.05) is 25.6 Å². The number of nitrogens with zero attached hydrogens (tertiary/aromatic N) is 2. The van der Waals surface area contributed by atoms with Gasteiger partial charge in [0.05, 0.1) is 11.0 Å². The molecule has 0 saturated carbocycles. The molecule has 22 heavy (non-hydrogen) atoms. The van der Waals surface area contributed by atoms with E-state index >= 15 is 0 Å². The largest absolute Gasteiger partial charge is 0.341 e. The van der Waals surface area contributed by atoms with E-state index in [1.807, 2.05) is 4.90 Å². The topological polar surface area (TPSA) is 57.7 Å². The molecule has 0 aromatic heterocycles. The number of hydrogen-bond acceptors (Lipinski definition) is 4. The van der Waals surface area contributed by atoms with E-state index in [1.54, 1.807) is 13.8 Å². The number of hydrogen-bond donors (Lipinski definition) is 0. The summed E-state index contributed by atoms with van der Waals surface area (Å²) in [5.74, 6) is 0.559. The van der Waals surface area contributed by atoms with Gasteiger partial charge in [-0.25, -0.2) is 8.42 Å². The SMILES string of the molecule is CC(C)S(=O)(=O)CCCN1CCCCC1CN1CCCC1=O. The van der Waals surface area contributed by atoms with Crippen LogP contribution in [0.3, 0.4) is 0 Å². The Labute approximate surface area is 135 Å². The van der Waals surface area contributed by atoms with E-state index in [4.69, 9.17) is 0 Å². The lowest BCUT2D eigenvalue weighted by Crippen LogP contribution is -2.47. The molecular weight excluding hydrogens is 300 g/mol. The fourth-order valence-electron chi connectivity index (χ4n) is 3.42. The Balaban J connectivity index is 1.83. The van der Waals surface area contributed by atoms with Gasteiger partial charge in [0.15, 0.2) is 9.84 Å². The number of rotatable bonds is 7. The summed E-state index contributed by atoms with van der Waals surface area (Å²) in [7, 11) is -2.94. The highest BCUT2D eigenvalue weighted by Gasteiger charge is 2.28. The average Bonchev–Trinajstić information content (AvgIpc) is 2.86. The summed E-state index contributed by atoms with van der Waals surface area (Å²) in [4.78, 5) is 16.2. The van der Waals surface area contributed by atoms with Gasteiger partial charge in [0.25, 0.3) is 0 Å². The monoisotopic (exact) mass is 330 g/mol. The Morgan fingerprint density at radius 3 is 2.59 bits per heavy atom. The van der Waals surface area contributed by atoms with Crippen molar-refractivity contribution in [2.75, 3.05) is 31.9 Å². The Bertz CT molecular complexity index is 476. The second-order valence-electron chi connectivity index (χ2n) is 6.90. The normalized spacial score (nSPS) is 24.4. The van der Waals surface area contributed by atoms with Gasteiger partial charge in [-0.15, -0.1) is 0 Å². The third kappa shape index (κ3) is 4.69. The summed E-state index contributed by atoms with van der Waals surface area (Å²) in [6.07, 6.45) is 5.90. The first-order valence-electron chi connectivity index (χ1n) is 8.63. The van der Waals surface area contributed by atoms with Crippen LogP contribution in [0, 0.1) is 0 Å². The first-order valence-corrected chi connectivity index (χ1v) is 10.3. The lowest BCUT2D eigenvalue weighted by molar-refractivity contribution is -0.128. The highest BCUT2D eigenvalue weighted by Crippen LogP contribution is 2.21. The quantitative estimate of drug-likeness (QED) is 0.712. The van der Waals surface area contributed by atoms with Gasteiger partial charge in [-0.1, -0.05) is 6.42 Å². The van der Waals surface area contributed by atoms with Crippen LogP contribution in [-0.2, 0) is 14.6 Å². The molecule has 6 heteroatoms. The molecule has 2 heterocycles. The summed E-state index contributed by atoms with van der Waals surface area (Å²) >= 11 is 0. The van der Waals surface area contributed by atoms with Crippen LogP contribution in [0.25, 0.3) is 0 Å². The maximum Gasteiger partial charge on any atom is 0.222 e. The Morgan fingerprint density at radius 2 is 1.95 bits per heavy atom. The molecule has 2 fully saturated rings. The van der Waals surface area contributed by atoms with Crippen molar-refractivity contribution in [3.8, 4) is 0 Å². The van der Waals surface area contributed by atoms with Crippen LogP contribution < -0.4 is 0 Å². The minimum absolute atomic E-state index is 0.274. The van der Waals surface area contributed by atoms with Crippen molar-refractivity contribution in [3.05, 3.63) is 0 Å². The zero-order valence-corrected chi connectivity index (χ0v) is 14.8. The molecule has 128 valence electrons. The first-order chi connectivity index (χ1) is 10.4. The van der Waals surface area contributed by atoms with E-state index in [-0.39, 0.29) is 16.9 Å². The molecule has 0 spiro atoms. The van der Waals surface area contributed by atoms with E-state index in [0.717, 1.165) is 39.0 Å². The van der Waals surface area contributed by atoms with Gasteiger partial charge in [-0.2, -0.15) is 0 Å².